The quantitative estimate of drug-likeness (QED) is 0.459. The van der Waals surface area contributed by atoms with Crippen LogP contribution in [0.5, 0.6) is 0 Å². The molecule has 0 aliphatic heterocycles. The van der Waals surface area contributed by atoms with E-state index in [9.17, 15) is 0 Å². The van der Waals surface area contributed by atoms with Crippen LogP contribution in [-0.4, -0.2) is 16.7 Å². The summed E-state index contributed by atoms with van der Waals surface area (Å²) in [6.45, 7) is 2.21. The third-order valence-electron chi connectivity index (χ3n) is 0.500. The lowest BCUT2D eigenvalue weighted by atomic mass is 11.0. The zero-order valence-corrected chi connectivity index (χ0v) is 5.33. The van der Waals surface area contributed by atoms with Crippen LogP contribution in [0.3, 0.4) is 0 Å². The number of hydrogen-bond acceptors (Lipinski definition) is 1. The van der Waals surface area contributed by atoms with Crippen molar-refractivity contribution in [3.63, 3.8) is 0 Å². The molecule has 0 aromatic rings. The van der Waals surface area contributed by atoms with Crippen LogP contribution in [-0.2, 0) is 0 Å². The van der Waals surface area contributed by atoms with Gasteiger partial charge in [-0.25, -0.2) is 0 Å². The Hall–Kier alpha value is 0.177. The number of rotatable bonds is 2. The average Bonchev–Trinajstić information content (AvgIpc) is 1.41. The standard InChI is InChI=1S/C3H11NSi/c1-3-5-4-2/h4H,3,5H2,1-2H3. The smallest absolute Gasteiger partial charge is 0.0910 e. The summed E-state index contributed by atoms with van der Waals surface area (Å²) in [5.74, 6) is 0. The van der Waals surface area contributed by atoms with E-state index in [0.717, 1.165) is 0 Å². The zero-order chi connectivity index (χ0) is 4.12. The third-order valence-corrected chi connectivity index (χ3v) is 1.50. The molecule has 0 radical (unpaired) electrons. The molecule has 0 fully saturated rings. The van der Waals surface area contributed by atoms with Gasteiger partial charge in [0.2, 0.25) is 0 Å². The Balaban J connectivity index is 2.19. The van der Waals surface area contributed by atoms with E-state index in [4.69, 9.17) is 0 Å². The molecule has 0 rings (SSSR count). The SMILES string of the molecule is CC[SiH2]NC. The molecule has 0 bridgehead atoms. The van der Waals surface area contributed by atoms with Crippen LogP contribution in [0.1, 0.15) is 6.92 Å². The highest BCUT2D eigenvalue weighted by molar-refractivity contribution is 6.31. The molecular formula is C3H11NSi. The van der Waals surface area contributed by atoms with Crippen molar-refractivity contribution >= 4 is 9.68 Å². The van der Waals surface area contributed by atoms with Gasteiger partial charge in [-0.05, 0) is 7.05 Å². The van der Waals surface area contributed by atoms with Crippen molar-refractivity contribution in [3.8, 4) is 0 Å². The highest BCUT2D eigenvalue weighted by Crippen LogP contribution is 1.61. The molecule has 0 heterocycles. The molecule has 0 amide bonds. The van der Waals surface area contributed by atoms with Crippen molar-refractivity contribution in [2.45, 2.75) is 13.0 Å². The minimum atomic E-state index is 0.182. The van der Waals surface area contributed by atoms with Crippen LogP contribution in [0.2, 0.25) is 6.04 Å². The summed E-state index contributed by atoms with van der Waals surface area (Å²) in [5, 5.41) is 0. The molecular weight excluding hydrogens is 78.1 g/mol. The van der Waals surface area contributed by atoms with E-state index in [1.165, 1.54) is 6.04 Å². The van der Waals surface area contributed by atoms with E-state index < -0.39 is 0 Å². The van der Waals surface area contributed by atoms with E-state index in [0.29, 0.717) is 0 Å². The van der Waals surface area contributed by atoms with Crippen molar-refractivity contribution in [1.29, 1.82) is 0 Å². The maximum absolute atomic E-state index is 3.16. The molecule has 0 saturated heterocycles. The van der Waals surface area contributed by atoms with Gasteiger partial charge in [-0.1, -0.05) is 13.0 Å². The van der Waals surface area contributed by atoms with Gasteiger partial charge in [-0.3, -0.25) is 0 Å². The molecule has 0 aliphatic carbocycles. The Morgan fingerprint density at radius 2 is 2.40 bits per heavy atom. The highest BCUT2D eigenvalue weighted by Gasteiger charge is 1.67. The van der Waals surface area contributed by atoms with Gasteiger partial charge in [-0.15, -0.1) is 0 Å². The summed E-state index contributed by atoms with van der Waals surface area (Å²) in [5.41, 5.74) is 0. The predicted octanol–water partition coefficient (Wildman–Crippen LogP) is -0.272. The Morgan fingerprint density at radius 3 is 2.40 bits per heavy atom. The zero-order valence-electron chi connectivity index (χ0n) is 3.91. The summed E-state index contributed by atoms with van der Waals surface area (Å²) in [6.07, 6.45) is 0. The molecule has 5 heavy (non-hydrogen) atoms. The van der Waals surface area contributed by atoms with Crippen molar-refractivity contribution in [2.75, 3.05) is 7.05 Å². The maximum Gasteiger partial charge on any atom is 0.0910 e. The van der Waals surface area contributed by atoms with Gasteiger partial charge >= 0.3 is 0 Å². The van der Waals surface area contributed by atoms with Gasteiger partial charge in [0.05, 0.1) is 9.68 Å². The molecule has 0 aliphatic rings. The lowest BCUT2D eigenvalue weighted by Crippen LogP contribution is -2.09. The van der Waals surface area contributed by atoms with Crippen molar-refractivity contribution < 1.29 is 0 Å². The van der Waals surface area contributed by atoms with Gasteiger partial charge in [0.15, 0.2) is 0 Å². The first-order chi connectivity index (χ1) is 2.41. The molecule has 0 aromatic carbocycles. The molecule has 0 spiro atoms. The summed E-state index contributed by atoms with van der Waals surface area (Å²) in [7, 11) is 2.21. The second-order valence-corrected chi connectivity index (χ2v) is 3.31. The molecule has 1 nitrogen and oxygen atoms in total. The summed E-state index contributed by atoms with van der Waals surface area (Å²) in [6, 6.07) is 1.37. The maximum atomic E-state index is 3.16. The Kier molecular flexibility index (Phi) is 4.32. The lowest BCUT2D eigenvalue weighted by Gasteiger charge is -1.82. The molecule has 0 aromatic heterocycles. The monoisotopic (exact) mass is 89.1 g/mol. The topological polar surface area (TPSA) is 12.0 Å². The Morgan fingerprint density at radius 1 is 1.80 bits per heavy atom. The van der Waals surface area contributed by atoms with Crippen LogP contribution < -0.4 is 4.98 Å². The second kappa shape index (κ2) is 4.18. The van der Waals surface area contributed by atoms with Gasteiger partial charge in [0, 0.05) is 0 Å². The van der Waals surface area contributed by atoms with Gasteiger partial charge < -0.3 is 4.98 Å². The Labute approximate surface area is 35.7 Å². The van der Waals surface area contributed by atoms with Crippen molar-refractivity contribution in [1.82, 2.24) is 4.98 Å². The molecule has 0 unspecified atom stereocenters. The van der Waals surface area contributed by atoms with Crippen molar-refractivity contribution in [2.24, 2.45) is 0 Å². The largest absolute Gasteiger partial charge is 0.345 e. The summed E-state index contributed by atoms with van der Waals surface area (Å²) >= 11 is 0. The van der Waals surface area contributed by atoms with Crippen LogP contribution in [0.15, 0.2) is 0 Å². The minimum Gasteiger partial charge on any atom is -0.345 e. The normalized spacial score (nSPS) is 10.8. The highest BCUT2D eigenvalue weighted by atomic mass is 28.2. The van der Waals surface area contributed by atoms with E-state index in [2.05, 4.69) is 11.9 Å². The minimum absolute atomic E-state index is 0.182. The summed E-state index contributed by atoms with van der Waals surface area (Å²) in [4.78, 5) is 3.16. The molecule has 2 heteroatoms. The van der Waals surface area contributed by atoms with E-state index in [1.807, 2.05) is 7.05 Å². The fourth-order valence-corrected chi connectivity index (χ4v) is 0.750. The first-order valence-electron chi connectivity index (χ1n) is 2.06. The van der Waals surface area contributed by atoms with E-state index in [-0.39, 0.29) is 9.68 Å². The molecule has 32 valence electrons. The van der Waals surface area contributed by atoms with Gasteiger partial charge in [0.1, 0.15) is 0 Å². The van der Waals surface area contributed by atoms with Crippen LogP contribution >= 0.6 is 0 Å². The number of nitrogens with one attached hydrogen (secondary N) is 1. The van der Waals surface area contributed by atoms with Crippen molar-refractivity contribution in [3.05, 3.63) is 0 Å². The van der Waals surface area contributed by atoms with Gasteiger partial charge in [-0.2, -0.15) is 0 Å². The van der Waals surface area contributed by atoms with Crippen LogP contribution in [0.25, 0.3) is 0 Å². The van der Waals surface area contributed by atoms with Crippen LogP contribution in [0.4, 0.5) is 0 Å². The number of hydrogen-bond donors (Lipinski definition) is 1. The molecule has 0 atom stereocenters. The fraction of sp³-hybridized carbons (Fsp3) is 1.00. The van der Waals surface area contributed by atoms with Gasteiger partial charge in [0.25, 0.3) is 0 Å². The van der Waals surface area contributed by atoms with E-state index in [1.54, 1.807) is 0 Å². The average molecular weight is 89.2 g/mol. The Bertz CT molecular complexity index is 14.4. The molecule has 0 saturated carbocycles. The third kappa shape index (κ3) is 4.18. The van der Waals surface area contributed by atoms with E-state index >= 15 is 0 Å². The summed E-state index contributed by atoms with van der Waals surface area (Å²) < 4.78 is 0. The molecule has 1 N–H and O–H groups in total. The fourth-order valence-electron chi connectivity index (χ4n) is 0.250. The first-order valence-corrected chi connectivity index (χ1v) is 3.77. The van der Waals surface area contributed by atoms with Crippen LogP contribution in [0, 0.1) is 0 Å². The second-order valence-electron chi connectivity index (χ2n) is 1.10. The first kappa shape index (κ1) is 5.18. The lowest BCUT2D eigenvalue weighted by molar-refractivity contribution is 1.21. The predicted molar refractivity (Wildman–Crippen MR) is 28.1 cm³/mol.